The fraction of sp³-hybridized carbons (Fsp3) is 0.700. The first kappa shape index (κ1) is 19.0. The predicted molar refractivity (Wildman–Crippen MR) is 105 cm³/mol. The zero-order valence-electron chi connectivity index (χ0n) is 15.7. The van der Waals surface area contributed by atoms with E-state index in [0.717, 1.165) is 38.0 Å². The maximum absolute atomic E-state index is 10.7. The number of anilines is 2. The summed E-state index contributed by atoms with van der Waals surface area (Å²) in [6.45, 7) is 4.06. The van der Waals surface area contributed by atoms with Gasteiger partial charge in [-0.1, -0.05) is 44.9 Å². The monoisotopic (exact) mass is 360 g/mol. The molecule has 0 spiro atoms. The molecule has 2 saturated carbocycles. The molecule has 26 heavy (non-hydrogen) atoms. The van der Waals surface area contributed by atoms with Gasteiger partial charge in [0, 0.05) is 50.2 Å². The first-order valence-corrected chi connectivity index (χ1v) is 10.2. The largest absolute Gasteiger partial charge is 0.465 e. The zero-order chi connectivity index (χ0) is 18.2. The van der Waals surface area contributed by atoms with Crippen LogP contribution in [0.15, 0.2) is 18.3 Å². The molecule has 0 radical (unpaired) electrons. The Morgan fingerprint density at radius 3 is 2.19 bits per heavy atom. The molecule has 1 aromatic heterocycles. The number of rotatable bonds is 3. The third-order valence-electron chi connectivity index (χ3n) is 5.73. The molecule has 1 aromatic rings. The molecule has 0 unspecified atom stereocenters. The second kappa shape index (κ2) is 9.76. The minimum Gasteiger partial charge on any atom is -0.465 e. The number of carbonyl (C=O) groups is 1. The van der Waals surface area contributed by atoms with Crippen molar-refractivity contribution in [2.45, 2.75) is 63.8 Å². The van der Waals surface area contributed by atoms with Gasteiger partial charge in [-0.2, -0.15) is 0 Å². The standard InChI is InChI=1S/C15H22N4O2.C5H10/c20-15(21)17-12-5-6-16-14(11-12)19-9-7-18(8-10-19)13-3-1-2-4-13;1-2-4-5-3-1/h5-6,11,13H,1-4,7-10H2,(H,16,17)(H,20,21);1-5H2. The average Bonchev–Trinajstić information content (AvgIpc) is 3.38. The van der Waals surface area contributed by atoms with Crippen molar-refractivity contribution in [2.24, 2.45) is 0 Å². The van der Waals surface area contributed by atoms with Crippen LogP contribution in [0, 0.1) is 0 Å². The van der Waals surface area contributed by atoms with Gasteiger partial charge in [0.1, 0.15) is 5.82 Å². The molecule has 6 heteroatoms. The minimum absolute atomic E-state index is 0.575. The Balaban J connectivity index is 0.000000339. The van der Waals surface area contributed by atoms with Crippen LogP contribution in [0.2, 0.25) is 0 Å². The topological polar surface area (TPSA) is 68.7 Å². The molecular formula is C20H32N4O2. The van der Waals surface area contributed by atoms with Crippen molar-refractivity contribution in [2.75, 3.05) is 36.4 Å². The Morgan fingerprint density at radius 2 is 1.62 bits per heavy atom. The Morgan fingerprint density at radius 1 is 1.00 bits per heavy atom. The lowest BCUT2D eigenvalue weighted by Crippen LogP contribution is -2.50. The van der Waals surface area contributed by atoms with E-state index in [1.54, 1.807) is 18.3 Å². The molecule has 3 aliphatic rings. The first-order valence-electron chi connectivity index (χ1n) is 10.2. The van der Waals surface area contributed by atoms with E-state index >= 15 is 0 Å². The first-order chi connectivity index (χ1) is 12.7. The molecule has 2 aliphatic carbocycles. The molecule has 6 nitrogen and oxygen atoms in total. The quantitative estimate of drug-likeness (QED) is 0.846. The van der Waals surface area contributed by atoms with Gasteiger partial charge in [-0.15, -0.1) is 0 Å². The fourth-order valence-electron chi connectivity index (χ4n) is 4.26. The highest BCUT2D eigenvalue weighted by molar-refractivity contribution is 5.83. The highest BCUT2D eigenvalue weighted by Crippen LogP contribution is 2.25. The molecule has 0 atom stereocenters. The van der Waals surface area contributed by atoms with Crippen molar-refractivity contribution < 1.29 is 9.90 Å². The number of pyridine rings is 1. The number of nitrogens with zero attached hydrogens (tertiary/aromatic N) is 3. The summed E-state index contributed by atoms with van der Waals surface area (Å²) in [7, 11) is 0. The van der Waals surface area contributed by atoms with Crippen LogP contribution in [0.3, 0.4) is 0 Å². The van der Waals surface area contributed by atoms with E-state index in [2.05, 4.69) is 20.1 Å². The van der Waals surface area contributed by atoms with Crippen molar-refractivity contribution in [3.63, 3.8) is 0 Å². The van der Waals surface area contributed by atoms with E-state index in [1.807, 2.05) is 0 Å². The lowest BCUT2D eigenvalue weighted by molar-refractivity contribution is 0.187. The Hall–Kier alpha value is -1.82. The molecule has 4 rings (SSSR count). The molecule has 0 aromatic carbocycles. The van der Waals surface area contributed by atoms with Gasteiger partial charge in [0.25, 0.3) is 0 Å². The van der Waals surface area contributed by atoms with Crippen LogP contribution >= 0.6 is 0 Å². The van der Waals surface area contributed by atoms with Crippen molar-refractivity contribution in [1.29, 1.82) is 0 Å². The number of aromatic nitrogens is 1. The van der Waals surface area contributed by atoms with Crippen molar-refractivity contribution in [3.8, 4) is 0 Å². The summed E-state index contributed by atoms with van der Waals surface area (Å²) < 4.78 is 0. The van der Waals surface area contributed by atoms with Crippen LogP contribution in [0.5, 0.6) is 0 Å². The van der Waals surface area contributed by atoms with Crippen LogP contribution < -0.4 is 10.2 Å². The maximum Gasteiger partial charge on any atom is 0.409 e. The smallest absolute Gasteiger partial charge is 0.409 e. The van der Waals surface area contributed by atoms with Crippen LogP contribution in [-0.2, 0) is 0 Å². The van der Waals surface area contributed by atoms with Gasteiger partial charge in [0.2, 0.25) is 0 Å². The van der Waals surface area contributed by atoms with Crippen molar-refractivity contribution >= 4 is 17.6 Å². The minimum atomic E-state index is -1.04. The summed E-state index contributed by atoms with van der Waals surface area (Å²) in [5, 5.41) is 11.1. The summed E-state index contributed by atoms with van der Waals surface area (Å²) >= 11 is 0. The molecule has 2 N–H and O–H groups in total. The molecule has 144 valence electrons. The number of hydrogen-bond donors (Lipinski definition) is 2. The molecule has 1 aliphatic heterocycles. The van der Waals surface area contributed by atoms with Crippen LogP contribution in [0.1, 0.15) is 57.8 Å². The van der Waals surface area contributed by atoms with Crippen LogP contribution in [-0.4, -0.2) is 53.3 Å². The molecule has 0 bridgehead atoms. The van der Waals surface area contributed by atoms with Gasteiger partial charge in [0.15, 0.2) is 0 Å². The molecular weight excluding hydrogens is 328 g/mol. The highest BCUT2D eigenvalue weighted by Gasteiger charge is 2.26. The van der Waals surface area contributed by atoms with E-state index in [9.17, 15) is 4.79 Å². The van der Waals surface area contributed by atoms with E-state index in [1.165, 1.54) is 57.8 Å². The zero-order valence-corrected chi connectivity index (χ0v) is 15.7. The number of carboxylic acid groups (broad SMARTS) is 1. The number of amides is 1. The third kappa shape index (κ3) is 5.59. The van der Waals surface area contributed by atoms with Gasteiger partial charge in [-0.25, -0.2) is 9.78 Å². The normalized spacial score (nSPS) is 21.3. The maximum atomic E-state index is 10.7. The average molecular weight is 361 g/mol. The molecule has 1 saturated heterocycles. The van der Waals surface area contributed by atoms with Gasteiger partial charge in [-0.05, 0) is 18.9 Å². The number of nitrogens with one attached hydrogen (secondary N) is 1. The Bertz CT molecular complexity index is 555. The highest BCUT2D eigenvalue weighted by atomic mass is 16.4. The van der Waals surface area contributed by atoms with E-state index in [-0.39, 0.29) is 0 Å². The van der Waals surface area contributed by atoms with Gasteiger partial charge < -0.3 is 10.0 Å². The Labute approximate surface area is 156 Å². The van der Waals surface area contributed by atoms with Crippen molar-refractivity contribution in [1.82, 2.24) is 9.88 Å². The van der Waals surface area contributed by atoms with Crippen LogP contribution in [0.25, 0.3) is 0 Å². The lowest BCUT2D eigenvalue weighted by atomic mass is 10.2. The van der Waals surface area contributed by atoms with Gasteiger partial charge in [0.05, 0.1) is 0 Å². The Kier molecular flexibility index (Phi) is 7.12. The molecule has 2 heterocycles. The second-order valence-corrected chi connectivity index (χ2v) is 7.56. The van der Waals surface area contributed by atoms with E-state index in [0.29, 0.717) is 5.69 Å². The fourth-order valence-corrected chi connectivity index (χ4v) is 4.26. The summed E-state index contributed by atoms with van der Waals surface area (Å²) in [5.74, 6) is 0.854. The summed E-state index contributed by atoms with van der Waals surface area (Å²) in [6, 6.07) is 4.26. The van der Waals surface area contributed by atoms with E-state index < -0.39 is 6.09 Å². The second-order valence-electron chi connectivity index (χ2n) is 7.56. The third-order valence-corrected chi connectivity index (χ3v) is 5.73. The molecule has 1 amide bonds. The van der Waals surface area contributed by atoms with E-state index in [4.69, 9.17) is 5.11 Å². The summed E-state index contributed by atoms with van der Waals surface area (Å²) in [6.07, 6.45) is 13.5. The number of piperazine rings is 1. The number of hydrogen-bond acceptors (Lipinski definition) is 4. The SMILES string of the molecule is C1CCCC1.O=C(O)Nc1ccnc(N2CCN(C3CCCC3)CC2)c1. The van der Waals surface area contributed by atoms with Gasteiger partial charge in [-0.3, -0.25) is 10.2 Å². The molecule has 3 fully saturated rings. The summed E-state index contributed by atoms with van der Waals surface area (Å²) in [4.78, 5) is 19.9. The van der Waals surface area contributed by atoms with Gasteiger partial charge >= 0.3 is 6.09 Å². The summed E-state index contributed by atoms with van der Waals surface area (Å²) in [5.41, 5.74) is 0.575. The lowest BCUT2D eigenvalue weighted by Gasteiger charge is -2.38. The predicted octanol–water partition coefficient (Wildman–Crippen LogP) is 4.19. The van der Waals surface area contributed by atoms with Crippen LogP contribution in [0.4, 0.5) is 16.3 Å². The van der Waals surface area contributed by atoms with Crippen molar-refractivity contribution in [3.05, 3.63) is 18.3 Å².